The predicted molar refractivity (Wildman–Crippen MR) is 151 cm³/mol. The summed E-state index contributed by atoms with van der Waals surface area (Å²) in [6.07, 6.45) is -0.498. The predicted octanol–water partition coefficient (Wildman–Crippen LogP) is 5.09. The summed E-state index contributed by atoms with van der Waals surface area (Å²) in [5.41, 5.74) is 5.08. The Labute approximate surface area is 221 Å². The Morgan fingerprint density at radius 2 is 1.14 bits per heavy atom. The largest absolute Gasteiger partial charge is 0.390 e. The Balaban J connectivity index is 1.35. The third kappa shape index (κ3) is 7.37. The van der Waals surface area contributed by atoms with Crippen LogP contribution in [0.2, 0.25) is 0 Å². The van der Waals surface area contributed by atoms with Crippen molar-refractivity contribution in [1.82, 2.24) is 15.1 Å². The van der Waals surface area contributed by atoms with Gasteiger partial charge >= 0.3 is 0 Å². The number of hydrogen-bond donors (Lipinski definition) is 2. The number of nitrogens with one attached hydrogen (secondary N) is 1. The van der Waals surface area contributed by atoms with Gasteiger partial charge in [0.1, 0.15) is 0 Å². The zero-order chi connectivity index (χ0) is 25.3. The van der Waals surface area contributed by atoms with Gasteiger partial charge < -0.3 is 10.4 Å². The van der Waals surface area contributed by atoms with Gasteiger partial charge in [-0.15, -0.1) is 0 Å². The summed E-state index contributed by atoms with van der Waals surface area (Å²) in [7, 11) is 0. The summed E-state index contributed by atoms with van der Waals surface area (Å²) >= 11 is 0. The molecule has 0 saturated carbocycles. The molecule has 0 bridgehead atoms. The van der Waals surface area contributed by atoms with Crippen LogP contribution in [0.3, 0.4) is 0 Å². The van der Waals surface area contributed by atoms with E-state index in [1.165, 1.54) is 22.3 Å². The van der Waals surface area contributed by atoms with E-state index in [1.54, 1.807) is 0 Å². The zero-order valence-electron chi connectivity index (χ0n) is 21.4. The zero-order valence-corrected chi connectivity index (χ0v) is 21.4. The van der Waals surface area contributed by atoms with Crippen molar-refractivity contribution < 1.29 is 5.11 Å². The fourth-order valence-electron chi connectivity index (χ4n) is 5.24. The molecule has 190 valence electrons. The second kappa shape index (κ2) is 12.8. The molecule has 1 fully saturated rings. The summed E-state index contributed by atoms with van der Waals surface area (Å²) in [6, 6.07) is 42.6. The van der Waals surface area contributed by atoms with Crippen LogP contribution >= 0.6 is 0 Å². The van der Waals surface area contributed by atoms with Crippen LogP contribution in [0, 0.1) is 0 Å². The fourth-order valence-corrected chi connectivity index (χ4v) is 5.24. The minimum Gasteiger partial charge on any atom is -0.390 e. The van der Waals surface area contributed by atoms with Crippen molar-refractivity contribution in [1.29, 1.82) is 0 Å². The quantitative estimate of drug-likeness (QED) is 0.256. The maximum Gasteiger partial charge on any atom is 0.0835 e. The van der Waals surface area contributed by atoms with Crippen molar-refractivity contribution in [2.45, 2.75) is 44.4 Å². The number of aliphatic hydroxyl groups excluding tert-OH is 1. The van der Waals surface area contributed by atoms with Crippen molar-refractivity contribution >= 4 is 0 Å². The van der Waals surface area contributed by atoms with Crippen LogP contribution in [-0.2, 0) is 26.2 Å². The number of aliphatic hydroxyl groups is 1. The van der Waals surface area contributed by atoms with Crippen LogP contribution in [-0.4, -0.2) is 46.2 Å². The van der Waals surface area contributed by atoms with Crippen LogP contribution in [0.5, 0.6) is 0 Å². The summed E-state index contributed by atoms with van der Waals surface area (Å²) in [6.45, 7) is 4.80. The minimum absolute atomic E-state index is 0.00685. The van der Waals surface area contributed by atoms with Gasteiger partial charge in [0.2, 0.25) is 0 Å². The fraction of sp³-hybridized carbons (Fsp3) is 0.273. The lowest BCUT2D eigenvalue weighted by Crippen LogP contribution is -2.51. The highest BCUT2D eigenvalue weighted by molar-refractivity contribution is 5.20. The molecule has 1 aliphatic heterocycles. The van der Waals surface area contributed by atoms with Crippen molar-refractivity contribution in [3.05, 3.63) is 144 Å². The van der Waals surface area contributed by atoms with E-state index in [1.807, 2.05) is 6.07 Å². The van der Waals surface area contributed by atoms with Crippen molar-refractivity contribution in [3.63, 3.8) is 0 Å². The molecule has 2 N–H and O–H groups in total. The first-order valence-corrected chi connectivity index (χ1v) is 13.3. The second-order valence-electron chi connectivity index (χ2n) is 10.0. The summed E-state index contributed by atoms with van der Waals surface area (Å²) < 4.78 is 0. The lowest BCUT2D eigenvalue weighted by Gasteiger charge is -2.36. The molecule has 1 saturated heterocycles. The Hall–Kier alpha value is -3.28. The number of nitrogens with zero attached hydrogens (tertiary/aromatic N) is 2. The molecule has 4 nitrogen and oxygen atoms in total. The van der Waals surface area contributed by atoms with E-state index in [0.29, 0.717) is 12.6 Å². The molecule has 4 heteroatoms. The maximum absolute atomic E-state index is 11.7. The van der Waals surface area contributed by atoms with Gasteiger partial charge in [-0.25, -0.2) is 0 Å². The average molecular weight is 492 g/mol. The molecule has 0 spiro atoms. The molecule has 1 unspecified atom stereocenters. The van der Waals surface area contributed by atoms with Gasteiger partial charge in [-0.2, -0.15) is 0 Å². The molecule has 1 aliphatic rings. The first kappa shape index (κ1) is 25.4. The van der Waals surface area contributed by atoms with E-state index >= 15 is 0 Å². The number of benzene rings is 4. The Morgan fingerprint density at radius 1 is 0.676 bits per heavy atom. The molecule has 4 atom stereocenters. The Bertz CT molecular complexity index is 1150. The maximum atomic E-state index is 11.7. The molecule has 0 radical (unpaired) electrons. The van der Waals surface area contributed by atoms with E-state index in [4.69, 9.17) is 0 Å². The summed E-state index contributed by atoms with van der Waals surface area (Å²) in [5, 5.41) is 15.2. The highest BCUT2D eigenvalue weighted by Crippen LogP contribution is 2.31. The number of rotatable bonds is 13. The van der Waals surface area contributed by atoms with Crippen LogP contribution in [0.25, 0.3) is 0 Å². The normalized spacial score (nSPS) is 18.4. The van der Waals surface area contributed by atoms with Crippen molar-refractivity contribution in [3.8, 4) is 0 Å². The van der Waals surface area contributed by atoms with Gasteiger partial charge in [-0.05, 0) is 22.3 Å². The molecule has 4 aromatic rings. The van der Waals surface area contributed by atoms with Gasteiger partial charge in [-0.3, -0.25) is 9.80 Å². The second-order valence-corrected chi connectivity index (χ2v) is 10.0. The van der Waals surface area contributed by atoms with Crippen LogP contribution < -0.4 is 5.32 Å². The van der Waals surface area contributed by atoms with E-state index in [-0.39, 0.29) is 6.04 Å². The highest BCUT2D eigenvalue weighted by atomic mass is 16.3. The first-order chi connectivity index (χ1) is 18.3. The first-order valence-electron chi connectivity index (χ1n) is 13.3. The van der Waals surface area contributed by atoms with Gasteiger partial charge in [0.05, 0.1) is 12.1 Å². The van der Waals surface area contributed by atoms with E-state index in [0.717, 1.165) is 32.7 Å². The van der Waals surface area contributed by atoms with Gasteiger partial charge in [-0.1, -0.05) is 121 Å². The monoisotopic (exact) mass is 491 g/mol. The SMILES string of the molecule is O[C@@H](CNCc1ccccc1)[C@@H]([C@@H]1CN1Cc1ccccc1)N(Cc1ccccc1)Cc1ccccc1. The standard InChI is InChI=1S/C33H37N3O/c37-32(22-34-21-27-13-5-1-6-14-27)33(31-26-35(31)23-28-15-7-2-8-16-28)36(24-29-17-9-3-10-18-29)25-30-19-11-4-12-20-30/h1-20,31-34,37H,21-26H2/t31-,32-,33+,35?/m0/s1. The lowest BCUT2D eigenvalue weighted by molar-refractivity contribution is 0.0313. The van der Waals surface area contributed by atoms with Crippen LogP contribution in [0.4, 0.5) is 0 Å². The highest BCUT2D eigenvalue weighted by Gasteiger charge is 2.46. The van der Waals surface area contributed by atoms with Crippen LogP contribution in [0.15, 0.2) is 121 Å². The van der Waals surface area contributed by atoms with E-state index in [9.17, 15) is 5.11 Å². The third-order valence-electron chi connectivity index (χ3n) is 7.18. The molecular formula is C33H37N3O. The molecule has 4 aromatic carbocycles. The summed E-state index contributed by atoms with van der Waals surface area (Å²) in [4.78, 5) is 4.97. The van der Waals surface area contributed by atoms with Gasteiger partial charge in [0.15, 0.2) is 0 Å². The summed E-state index contributed by atoms with van der Waals surface area (Å²) in [5.74, 6) is 0. The average Bonchev–Trinajstić information content (AvgIpc) is 3.69. The molecule has 5 rings (SSSR count). The molecular weight excluding hydrogens is 454 g/mol. The number of hydrogen-bond acceptors (Lipinski definition) is 4. The smallest absolute Gasteiger partial charge is 0.0835 e. The van der Waals surface area contributed by atoms with Gasteiger partial charge in [0, 0.05) is 45.3 Å². The minimum atomic E-state index is -0.498. The third-order valence-corrected chi connectivity index (χ3v) is 7.18. The lowest BCUT2D eigenvalue weighted by atomic mass is 10.0. The van der Waals surface area contributed by atoms with Crippen molar-refractivity contribution in [2.24, 2.45) is 0 Å². The van der Waals surface area contributed by atoms with E-state index in [2.05, 4.69) is 130 Å². The van der Waals surface area contributed by atoms with E-state index < -0.39 is 6.10 Å². The van der Waals surface area contributed by atoms with Crippen LogP contribution in [0.1, 0.15) is 22.3 Å². The molecule has 0 aromatic heterocycles. The molecule has 0 aliphatic carbocycles. The molecule has 1 heterocycles. The van der Waals surface area contributed by atoms with Crippen molar-refractivity contribution in [2.75, 3.05) is 13.1 Å². The molecule has 0 amide bonds. The Kier molecular flexibility index (Phi) is 8.78. The molecule has 37 heavy (non-hydrogen) atoms. The topological polar surface area (TPSA) is 38.5 Å². The van der Waals surface area contributed by atoms with Gasteiger partial charge in [0.25, 0.3) is 0 Å². The Morgan fingerprint density at radius 3 is 1.65 bits per heavy atom.